The summed E-state index contributed by atoms with van der Waals surface area (Å²) in [4.78, 5) is 49.4. The fraction of sp³-hybridized carbons (Fsp3) is 0.690. The van der Waals surface area contributed by atoms with Crippen molar-refractivity contribution in [1.82, 2.24) is 10.3 Å². The molecule has 9 heteroatoms. The molecule has 0 saturated heterocycles. The number of amides is 2. The number of hydrogen-bond acceptors (Lipinski definition) is 6. The number of carbonyl (C=O) groups is 3. The summed E-state index contributed by atoms with van der Waals surface area (Å²) in [5, 5.41) is 10.3. The quantitative estimate of drug-likeness (QED) is 0.187. The number of hydrogen-bond donors (Lipinski definition) is 2. The first-order valence-electron chi connectivity index (χ1n) is 13.2. The zero-order valence-corrected chi connectivity index (χ0v) is 24.9. The molecule has 214 valence electrons. The standard InChI is InChI=1S/C29H48N4O5/c1-20(15-24(35)38-10)16-29(8,9)17-23(34)31-22-13-11-21(12-14-22)25(26(36)30-18-27(2,3)4)33(32-37)19-28(5,6)7/h11-14,20,25H,15-19H2,1-10H3,(H,30,36)(H,31,34). The fourth-order valence-corrected chi connectivity index (χ4v) is 4.41. The van der Waals surface area contributed by atoms with Crippen molar-refractivity contribution in [3.8, 4) is 0 Å². The molecule has 2 unspecified atom stereocenters. The third-order valence-corrected chi connectivity index (χ3v) is 5.87. The van der Waals surface area contributed by atoms with E-state index in [0.29, 0.717) is 37.2 Å². The van der Waals surface area contributed by atoms with Crippen LogP contribution in [0.1, 0.15) is 93.2 Å². The highest BCUT2D eigenvalue weighted by Crippen LogP contribution is 2.32. The SMILES string of the molecule is COC(=O)CC(C)CC(C)(C)CC(=O)Nc1ccc(C(C(=O)NCC(C)(C)C)N(CC(C)(C)C)N=O)cc1. The second kappa shape index (κ2) is 13.7. The van der Waals surface area contributed by atoms with Gasteiger partial charge in [-0.1, -0.05) is 74.4 Å². The van der Waals surface area contributed by atoms with Gasteiger partial charge in [0, 0.05) is 31.6 Å². The summed E-state index contributed by atoms with van der Waals surface area (Å²) >= 11 is 0. The molecule has 0 bridgehead atoms. The van der Waals surface area contributed by atoms with Gasteiger partial charge in [-0.15, -0.1) is 4.91 Å². The van der Waals surface area contributed by atoms with E-state index in [4.69, 9.17) is 4.74 Å². The Balaban J connectivity index is 3.01. The van der Waals surface area contributed by atoms with Gasteiger partial charge >= 0.3 is 5.97 Å². The molecule has 1 aromatic carbocycles. The summed E-state index contributed by atoms with van der Waals surface area (Å²) in [6, 6.07) is 6.03. The summed E-state index contributed by atoms with van der Waals surface area (Å²) in [7, 11) is 1.37. The predicted octanol–water partition coefficient (Wildman–Crippen LogP) is 5.86. The zero-order valence-electron chi connectivity index (χ0n) is 24.9. The molecule has 0 radical (unpaired) electrons. The molecule has 0 aromatic heterocycles. The molecular formula is C29H48N4O5. The van der Waals surface area contributed by atoms with Crippen LogP contribution in [0.5, 0.6) is 0 Å². The fourth-order valence-electron chi connectivity index (χ4n) is 4.41. The van der Waals surface area contributed by atoms with Gasteiger partial charge in [0.2, 0.25) is 11.8 Å². The van der Waals surface area contributed by atoms with Crippen molar-refractivity contribution in [1.29, 1.82) is 0 Å². The van der Waals surface area contributed by atoms with Gasteiger partial charge in [-0.05, 0) is 46.3 Å². The first-order valence-corrected chi connectivity index (χ1v) is 13.2. The van der Waals surface area contributed by atoms with Gasteiger partial charge in [-0.2, -0.15) is 0 Å². The molecule has 2 N–H and O–H groups in total. The van der Waals surface area contributed by atoms with Crippen LogP contribution in [-0.2, 0) is 19.1 Å². The van der Waals surface area contributed by atoms with E-state index in [1.54, 1.807) is 24.3 Å². The lowest BCUT2D eigenvalue weighted by molar-refractivity contribution is -0.141. The Morgan fingerprint density at radius 2 is 1.55 bits per heavy atom. The second-order valence-electron chi connectivity index (χ2n) is 13.5. The Hall–Kier alpha value is -2.97. The maximum absolute atomic E-state index is 13.2. The molecule has 0 spiro atoms. The normalized spacial score (nSPS) is 13.7. The average Bonchev–Trinajstić information content (AvgIpc) is 2.75. The molecule has 0 heterocycles. The van der Waals surface area contributed by atoms with E-state index in [1.807, 2.05) is 62.3 Å². The van der Waals surface area contributed by atoms with Gasteiger partial charge in [0.05, 0.1) is 12.4 Å². The van der Waals surface area contributed by atoms with Crippen molar-refractivity contribution in [2.24, 2.45) is 27.4 Å². The predicted molar refractivity (Wildman–Crippen MR) is 151 cm³/mol. The highest BCUT2D eigenvalue weighted by Gasteiger charge is 2.32. The van der Waals surface area contributed by atoms with Gasteiger partial charge in [0.15, 0.2) is 6.04 Å². The number of nitrogens with one attached hydrogen (secondary N) is 2. The van der Waals surface area contributed by atoms with E-state index in [-0.39, 0.29) is 46.4 Å². The third-order valence-electron chi connectivity index (χ3n) is 5.87. The molecule has 0 aliphatic carbocycles. The Morgan fingerprint density at radius 1 is 0.974 bits per heavy atom. The lowest BCUT2D eigenvalue weighted by atomic mass is 9.79. The summed E-state index contributed by atoms with van der Waals surface area (Å²) in [5.74, 6) is -0.609. The summed E-state index contributed by atoms with van der Waals surface area (Å²) in [6.07, 6.45) is 1.30. The summed E-state index contributed by atoms with van der Waals surface area (Å²) < 4.78 is 4.74. The Kier molecular flexibility index (Phi) is 11.9. The minimum absolute atomic E-state index is 0.0911. The molecule has 0 aliphatic rings. The molecule has 0 fully saturated rings. The zero-order chi connectivity index (χ0) is 29.3. The lowest BCUT2D eigenvalue weighted by Gasteiger charge is -2.32. The van der Waals surface area contributed by atoms with Crippen LogP contribution >= 0.6 is 0 Å². The average molecular weight is 533 g/mol. The Bertz CT molecular complexity index is 945. The lowest BCUT2D eigenvalue weighted by Crippen LogP contribution is -2.43. The van der Waals surface area contributed by atoms with E-state index in [0.717, 1.165) is 0 Å². The van der Waals surface area contributed by atoms with Crippen molar-refractivity contribution in [2.75, 3.05) is 25.5 Å². The monoisotopic (exact) mass is 532 g/mol. The number of anilines is 1. The van der Waals surface area contributed by atoms with E-state index < -0.39 is 6.04 Å². The summed E-state index contributed by atoms with van der Waals surface area (Å²) in [5.41, 5.74) is 0.507. The molecule has 9 nitrogen and oxygen atoms in total. The number of esters is 1. The first-order chi connectivity index (χ1) is 17.4. The number of rotatable bonds is 13. The molecule has 1 aromatic rings. The maximum Gasteiger partial charge on any atom is 0.305 e. The van der Waals surface area contributed by atoms with Gasteiger partial charge in [0.1, 0.15) is 0 Å². The van der Waals surface area contributed by atoms with Gasteiger partial charge in [-0.3, -0.25) is 14.4 Å². The van der Waals surface area contributed by atoms with Crippen LogP contribution < -0.4 is 10.6 Å². The van der Waals surface area contributed by atoms with Gasteiger partial charge in [-0.25, -0.2) is 5.01 Å². The van der Waals surface area contributed by atoms with Gasteiger partial charge < -0.3 is 15.4 Å². The number of nitrogens with zero attached hydrogens (tertiary/aromatic N) is 2. The van der Waals surface area contributed by atoms with Crippen LogP contribution in [0.2, 0.25) is 0 Å². The molecule has 2 amide bonds. The van der Waals surface area contributed by atoms with Crippen LogP contribution in [-0.4, -0.2) is 43.0 Å². The number of carbonyl (C=O) groups excluding carboxylic acids is 3. The summed E-state index contributed by atoms with van der Waals surface area (Å²) in [6.45, 7) is 18.7. The Labute approximate surface area is 228 Å². The van der Waals surface area contributed by atoms with Crippen molar-refractivity contribution < 1.29 is 19.1 Å². The van der Waals surface area contributed by atoms with Crippen LogP contribution in [0.3, 0.4) is 0 Å². The van der Waals surface area contributed by atoms with Crippen LogP contribution in [0.15, 0.2) is 29.6 Å². The topological polar surface area (TPSA) is 117 Å². The molecular weight excluding hydrogens is 484 g/mol. The molecule has 1 rings (SSSR count). The van der Waals surface area contributed by atoms with Gasteiger partial charge in [0.25, 0.3) is 0 Å². The van der Waals surface area contributed by atoms with Crippen molar-refractivity contribution in [3.63, 3.8) is 0 Å². The minimum atomic E-state index is -0.894. The van der Waals surface area contributed by atoms with Crippen LogP contribution in [0, 0.1) is 27.1 Å². The van der Waals surface area contributed by atoms with Crippen molar-refractivity contribution in [3.05, 3.63) is 34.7 Å². The van der Waals surface area contributed by atoms with Crippen LogP contribution in [0.25, 0.3) is 0 Å². The number of methoxy groups -OCH3 is 1. The minimum Gasteiger partial charge on any atom is -0.469 e. The van der Waals surface area contributed by atoms with E-state index in [1.165, 1.54) is 12.1 Å². The number of ether oxygens (including phenoxy) is 1. The molecule has 38 heavy (non-hydrogen) atoms. The Morgan fingerprint density at radius 3 is 2.03 bits per heavy atom. The molecule has 2 atom stereocenters. The molecule has 0 aliphatic heterocycles. The third kappa shape index (κ3) is 12.5. The van der Waals surface area contributed by atoms with E-state index in [2.05, 4.69) is 15.9 Å². The van der Waals surface area contributed by atoms with E-state index in [9.17, 15) is 19.3 Å². The maximum atomic E-state index is 13.2. The largest absolute Gasteiger partial charge is 0.469 e. The second-order valence-corrected chi connectivity index (χ2v) is 13.5. The number of nitroso groups, excluding NO2 is 1. The smallest absolute Gasteiger partial charge is 0.305 e. The highest BCUT2D eigenvalue weighted by molar-refractivity contribution is 5.91. The van der Waals surface area contributed by atoms with Crippen LogP contribution in [0.4, 0.5) is 5.69 Å². The van der Waals surface area contributed by atoms with E-state index >= 15 is 0 Å². The first kappa shape index (κ1) is 33.1. The molecule has 0 saturated carbocycles. The highest BCUT2D eigenvalue weighted by atomic mass is 16.5. The van der Waals surface area contributed by atoms with Crippen molar-refractivity contribution >= 4 is 23.5 Å². The number of benzene rings is 1. The van der Waals surface area contributed by atoms with Crippen molar-refractivity contribution in [2.45, 2.75) is 87.6 Å².